The lowest BCUT2D eigenvalue weighted by atomic mass is 10.1. The molecule has 1 amide bonds. The van der Waals surface area contributed by atoms with E-state index in [0.717, 1.165) is 30.9 Å². The molecule has 6 heteroatoms. The molecule has 0 aliphatic carbocycles. The van der Waals surface area contributed by atoms with Crippen molar-refractivity contribution in [2.75, 3.05) is 18.0 Å². The molecule has 1 aliphatic heterocycles. The van der Waals surface area contributed by atoms with Crippen LogP contribution in [-0.4, -0.2) is 35.2 Å². The first kappa shape index (κ1) is 15.4. The van der Waals surface area contributed by atoms with E-state index in [1.54, 1.807) is 6.20 Å². The summed E-state index contributed by atoms with van der Waals surface area (Å²) < 4.78 is 5.30. The highest BCUT2D eigenvalue weighted by Gasteiger charge is 2.27. The molecule has 1 aromatic carbocycles. The van der Waals surface area contributed by atoms with Crippen LogP contribution in [0.2, 0.25) is 0 Å². The minimum Gasteiger partial charge on any atom is -0.355 e. The predicted molar refractivity (Wildman–Crippen MR) is 94.3 cm³/mol. The van der Waals surface area contributed by atoms with Crippen molar-refractivity contribution in [3.8, 4) is 11.3 Å². The molecule has 1 aliphatic rings. The second-order valence-electron chi connectivity index (χ2n) is 6.03. The maximum Gasteiger partial charge on any atom is 0.257 e. The van der Waals surface area contributed by atoms with Crippen LogP contribution in [0, 0.1) is 0 Å². The van der Waals surface area contributed by atoms with Crippen molar-refractivity contribution in [1.82, 2.24) is 15.5 Å². The molecule has 0 saturated carbocycles. The third-order valence-electron chi connectivity index (χ3n) is 4.35. The molecule has 126 valence electrons. The third-order valence-corrected chi connectivity index (χ3v) is 4.35. The van der Waals surface area contributed by atoms with Crippen LogP contribution < -0.4 is 10.2 Å². The van der Waals surface area contributed by atoms with Crippen LogP contribution in [0.3, 0.4) is 0 Å². The number of carbonyl (C=O) groups is 1. The summed E-state index contributed by atoms with van der Waals surface area (Å²) in [6.07, 6.45) is 4.14. The quantitative estimate of drug-likeness (QED) is 0.794. The average molecular weight is 334 g/mol. The number of anilines is 1. The SMILES string of the molecule is O=C(N[C@@H]1CCN(c2ccccn2)C1)c1cnoc1-c1ccccc1. The van der Waals surface area contributed by atoms with E-state index in [-0.39, 0.29) is 11.9 Å². The number of benzene rings is 1. The van der Waals surface area contributed by atoms with Crippen LogP contribution in [0.5, 0.6) is 0 Å². The Morgan fingerprint density at radius 3 is 2.80 bits per heavy atom. The first-order valence-electron chi connectivity index (χ1n) is 8.28. The van der Waals surface area contributed by atoms with Gasteiger partial charge in [0.2, 0.25) is 0 Å². The van der Waals surface area contributed by atoms with Crippen molar-refractivity contribution < 1.29 is 9.32 Å². The van der Waals surface area contributed by atoms with Gasteiger partial charge in [0, 0.05) is 30.9 Å². The third kappa shape index (κ3) is 3.24. The van der Waals surface area contributed by atoms with E-state index in [4.69, 9.17) is 4.52 Å². The van der Waals surface area contributed by atoms with Crippen molar-refractivity contribution in [1.29, 1.82) is 0 Å². The van der Waals surface area contributed by atoms with E-state index >= 15 is 0 Å². The van der Waals surface area contributed by atoms with E-state index in [0.29, 0.717) is 11.3 Å². The fourth-order valence-corrected chi connectivity index (χ4v) is 3.09. The van der Waals surface area contributed by atoms with Gasteiger partial charge in [0.15, 0.2) is 5.76 Å². The Labute approximate surface area is 145 Å². The standard InChI is InChI=1S/C19H18N4O2/c24-19(16-12-21-25-18(16)14-6-2-1-3-7-14)22-15-9-11-23(13-15)17-8-4-5-10-20-17/h1-8,10,12,15H,9,11,13H2,(H,22,24)/t15-/m1/s1. The number of hydrogen-bond donors (Lipinski definition) is 1. The van der Waals surface area contributed by atoms with E-state index in [1.165, 1.54) is 6.20 Å². The van der Waals surface area contributed by atoms with Gasteiger partial charge in [0.25, 0.3) is 5.91 Å². The molecule has 1 fully saturated rings. The van der Waals surface area contributed by atoms with Crippen LogP contribution >= 0.6 is 0 Å². The summed E-state index contributed by atoms with van der Waals surface area (Å²) in [7, 11) is 0. The number of nitrogens with zero attached hydrogens (tertiary/aromatic N) is 3. The second kappa shape index (κ2) is 6.76. The Morgan fingerprint density at radius 2 is 2.00 bits per heavy atom. The Bertz CT molecular complexity index is 848. The molecule has 0 spiro atoms. The van der Waals surface area contributed by atoms with Gasteiger partial charge in [-0.15, -0.1) is 0 Å². The van der Waals surface area contributed by atoms with Crippen LogP contribution in [0.15, 0.2) is 65.4 Å². The molecule has 1 atom stereocenters. The topological polar surface area (TPSA) is 71.3 Å². The number of aromatic nitrogens is 2. The maximum atomic E-state index is 12.7. The Kier molecular flexibility index (Phi) is 4.16. The van der Waals surface area contributed by atoms with E-state index in [9.17, 15) is 4.79 Å². The summed E-state index contributed by atoms with van der Waals surface area (Å²) in [6, 6.07) is 15.5. The molecule has 3 heterocycles. The molecule has 0 radical (unpaired) electrons. The molecular weight excluding hydrogens is 316 g/mol. The molecule has 6 nitrogen and oxygen atoms in total. The zero-order valence-electron chi connectivity index (χ0n) is 13.6. The van der Waals surface area contributed by atoms with Crippen LogP contribution in [0.4, 0.5) is 5.82 Å². The highest BCUT2D eigenvalue weighted by Crippen LogP contribution is 2.24. The lowest BCUT2D eigenvalue weighted by molar-refractivity contribution is 0.0940. The fourth-order valence-electron chi connectivity index (χ4n) is 3.09. The minimum absolute atomic E-state index is 0.0769. The summed E-state index contributed by atoms with van der Waals surface area (Å²) in [5.74, 6) is 1.28. The largest absolute Gasteiger partial charge is 0.355 e. The number of carbonyl (C=O) groups excluding carboxylic acids is 1. The molecule has 1 N–H and O–H groups in total. The Morgan fingerprint density at radius 1 is 1.16 bits per heavy atom. The zero-order valence-corrected chi connectivity index (χ0v) is 13.6. The summed E-state index contributed by atoms with van der Waals surface area (Å²) in [5.41, 5.74) is 1.30. The smallest absolute Gasteiger partial charge is 0.257 e. The van der Waals surface area contributed by atoms with E-state index in [1.807, 2.05) is 48.5 Å². The number of nitrogens with one attached hydrogen (secondary N) is 1. The normalized spacial score (nSPS) is 16.8. The lowest BCUT2D eigenvalue weighted by Gasteiger charge is -2.17. The van der Waals surface area contributed by atoms with Crippen molar-refractivity contribution in [3.63, 3.8) is 0 Å². The zero-order chi connectivity index (χ0) is 17.1. The molecule has 3 aromatic rings. The van der Waals surface area contributed by atoms with Gasteiger partial charge in [0.1, 0.15) is 11.4 Å². The highest BCUT2D eigenvalue weighted by atomic mass is 16.5. The highest BCUT2D eigenvalue weighted by molar-refractivity contribution is 5.99. The second-order valence-corrected chi connectivity index (χ2v) is 6.03. The van der Waals surface area contributed by atoms with Gasteiger partial charge in [-0.1, -0.05) is 41.6 Å². The molecule has 1 saturated heterocycles. The molecule has 0 bridgehead atoms. The van der Waals surface area contributed by atoms with E-state index in [2.05, 4.69) is 20.4 Å². The Balaban J connectivity index is 1.45. The summed E-state index contributed by atoms with van der Waals surface area (Å²) >= 11 is 0. The van der Waals surface area contributed by atoms with Gasteiger partial charge in [-0.25, -0.2) is 4.98 Å². The van der Waals surface area contributed by atoms with Crippen LogP contribution in [-0.2, 0) is 0 Å². The predicted octanol–water partition coefficient (Wildman–Crippen LogP) is 2.75. The van der Waals surface area contributed by atoms with Gasteiger partial charge in [-0.05, 0) is 18.6 Å². The molecule has 0 unspecified atom stereocenters. The monoisotopic (exact) mass is 334 g/mol. The van der Waals surface area contributed by atoms with Crippen molar-refractivity contribution in [2.45, 2.75) is 12.5 Å². The van der Waals surface area contributed by atoms with Crippen LogP contribution in [0.25, 0.3) is 11.3 Å². The number of amides is 1. The van der Waals surface area contributed by atoms with E-state index < -0.39 is 0 Å². The first-order valence-corrected chi connectivity index (χ1v) is 8.28. The van der Waals surface area contributed by atoms with Gasteiger partial charge < -0.3 is 14.7 Å². The first-order chi connectivity index (χ1) is 12.3. The Hall–Kier alpha value is -3.15. The number of hydrogen-bond acceptors (Lipinski definition) is 5. The summed E-state index contributed by atoms with van der Waals surface area (Å²) in [6.45, 7) is 1.62. The van der Waals surface area contributed by atoms with Gasteiger partial charge in [-0.2, -0.15) is 0 Å². The number of pyridine rings is 1. The molecule has 25 heavy (non-hydrogen) atoms. The fraction of sp³-hybridized carbons (Fsp3) is 0.211. The summed E-state index contributed by atoms with van der Waals surface area (Å²) in [4.78, 5) is 19.2. The number of rotatable bonds is 4. The molecular formula is C19H18N4O2. The minimum atomic E-state index is -0.159. The summed E-state index contributed by atoms with van der Waals surface area (Å²) in [5, 5.41) is 6.88. The maximum absolute atomic E-state index is 12.7. The average Bonchev–Trinajstić information content (AvgIpc) is 3.33. The molecule has 2 aromatic heterocycles. The van der Waals surface area contributed by atoms with Crippen molar-refractivity contribution >= 4 is 11.7 Å². The van der Waals surface area contributed by atoms with Crippen LogP contribution in [0.1, 0.15) is 16.8 Å². The van der Waals surface area contributed by atoms with Gasteiger partial charge in [-0.3, -0.25) is 4.79 Å². The van der Waals surface area contributed by atoms with Gasteiger partial charge >= 0.3 is 0 Å². The van der Waals surface area contributed by atoms with Crippen molar-refractivity contribution in [2.24, 2.45) is 0 Å². The van der Waals surface area contributed by atoms with Gasteiger partial charge in [0.05, 0.1) is 6.20 Å². The molecule has 4 rings (SSSR count). The van der Waals surface area contributed by atoms with Crippen molar-refractivity contribution in [3.05, 3.63) is 66.5 Å². The lowest BCUT2D eigenvalue weighted by Crippen LogP contribution is -2.37.